The molecule has 3 heterocycles. The van der Waals surface area contributed by atoms with Gasteiger partial charge in [-0.1, -0.05) is 29.8 Å². The maximum atomic E-state index is 6.39. The number of nitrogens with one attached hydrogen (secondary N) is 1. The smallest absolute Gasteiger partial charge is 0.174 e. The molecule has 2 unspecified atom stereocenters. The fourth-order valence-corrected chi connectivity index (χ4v) is 5.56. The number of benzene rings is 2. The number of methoxy groups -OCH3 is 2. The van der Waals surface area contributed by atoms with Gasteiger partial charge in [-0.05, 0) is 80.2 Å². The summed E-state index contributed by atoms with van der Waals surface area (Å²) >= 11 is 12.3. The first kappa shape index (κ1) is 24.2. The SMILES string of the molecule is COc1ccccc1N1C(=S)NC(c2ccccn2)C1c1cc(C)n(-c2cc(Cl)ccc2OC)c1C. The van der Waals surface area contributed by atoms with Crippen LogP contribution in [0.15, 0.2) is 72.9 Å². The van der Waals surface area contributed by atoms with Crippen molar-refractivity contribution in [2.24, 2.45) is 0 Å². The second-order valence-corrected chi connectivity index (χ2v) is 9.47. The molecule has 0 spiro atoms. The van der Waals surface area contributed by atoms with Crippen molar-refractivity contribution in [2.75, 3.05) is 19.1 Å². The van der Waals surface area contributed by atoms with E-state index in [0.29, 0.717) is 10.1 Å². The molecule has 36 heavy (non-hydrogen) atoms. The van der Waals surface area contributed by atoms with E-state index >= 15 is 0 Å². The number of thiocarbonyl (C=S) groups is 1. The van der Waals surface area contributed by atoms with Gasteiger partial charge >= 0.3 is 0 Å². The van der Waals surface area contributed by atoms with Crippen LogP contribution in [-0.4, -0.2) is 28.9 Å². The van der Waals surface area contributed by atoms with E-state index in [1.165, 1.54) is 0 Å². The number of pyridine rings is 1. The Morgan fingerprint density at radius 2 is 1.64 bits per heavy atom. The number of ether oxygens (including phenoxy) is 2. The summed E-state index contributed by atoms with van der Waals surface area (Å²) in [6, 6.07) is 21.4. The van der Waals surface area contributed by atoms with E-state index in [4.69, 9.17) is 33.3 Å². The number of hydrogen-bond donors (Lipinski definition) is 1. The third-order valence-corrected chi connectivity index (χ3v) is 7.16. The summed E-state index contributed by atoms with van der Waals surface area (Å²) in [6.07, 6.45) is 1.81. The molecule has 1 fully saturated rings. The Labute approximate surface area is 221 Å². The van der Waals surface area contributed by atoms with Crippen LogP contribution in [0.3, 0.4) is 0 Å². The summed E-state index contributed by atoms with van der Waals surface area (Å²) < 4.78 is 13.6. The van der Waals surface area contributed by atoms with E-state index < -0.39 is 0 Å². The second kappa shape index (κ2) is 9.84. The number of anilines is 1. The number of halogens is 1. The summed E-state index contributed by atoms with van der Waals surface area (Å²) in [5.74, 6) is 1.49. The minimum atomic E-state index is -0.172. The molecule has 2 aromatic carbocycles. The molecule has 4 aromatic rings. The number of aromatic nitrogens is 2. The third-order valence-electron chi connectivity index (χ3n) is 6.61. The lowest BCUT2D eigenvalue weighted by Gasteiger charge is -2.29. The van der Waals surface area contributed by atoms with E-state index in [1.807, 2.05) is 66.9 Å². The van der Waals surface area contributed by atoms with Gasteiger partial charge in [0.1, 0.15) is 11.5 Å². The van der Waals surface area contributed by atoms with Crippen molar-refractivity contribution < 1.29 is 9.47 Å². The van der Waals surface area contributed by atoms with Gasteiger partial charge in [0.05, 0.1) is 43.4 Å². The maximum absolute atomic E-state index is 6.39. The molecule has 1 aliphatic heterocycles. The molecule has 8 heteroatoms. The molecule has 0 saturated carbocycles. The van der Waals surface area contributed by atoms with E-state index in [1.54, 1.807) is 14.2 Å². The minimum absolute atomic E-state index is 0.168. The van der Waals surface area contributed by atoms with Crippen LogP contribution < -0.4 is 19.7 Å². The summed E-state index contributed by atoms with van der Waals surface area (Å²) in [5, 5.41) is 4.79. The topological polar surface area (TPSA) is 51.5 Å². The van der Waals surface area contributed by atoms with Crippen molar-refractivity contribution in [1.29, 1.82) is 0 Å². The fourth-order valence-electron chi connectivity index (χ4n) is 5.05. The third kappa shape index (κ3) is 4.08. The summed E-state index contributed by atoms with van der Waals surface area (Å²) in [7, 11) is 3.34. The number of hydrogen-bond acceptors (Lipinski definition) is 4. The van der Waals surface area contributed by atoms with Gasteiger partial charge in [-0.3, -0.25) is 4.98 Å². The summed E-state index contributed by atoms with van der Waals surface area (Å²) in [6.45, 7) is 4.20. The van der Waals surface area contributed by atoms with Crippen LogP contribution in [0.2, 0.25) is 5.02 Å². The molecule has 0 aliphatic carbocycles. The fraction of sp³-hybridized carbons (Fsp3) is 0.214. The Bertz CT molecular complexity index is 1420. The normalized spacial score (nSPS) is 17.2. The Morgan fingerprint density at radius 1 is 0.917 bits per heavy atom. The highest BCUT2D eigenvalue weighted by Crippen LogP contribution is 2.46. The molecule has 2 atom stereocenters. The lowest BCUT2D eigenvalue weighted by molar-refractivity contribution is 0.412. The van der Waals surface area contributed by atoms with Crippen LogP contribution in [0.4, 0.5) is 5.69 Å². The molecular formula is C28H27ClN4O2S. The Hall–Kier alpha value is -3.55. The van der Waals surface area contributed by atoms with E-state index in [-0.39, 0.29) is 12.1 Å². The molecule has 0 radical (unpaired) electrons. The summed E-state index contributed by atoms with van der Waals surface area (Å²) in [4.78, 5) is 6.81. The van der Waals surface area contributed by atoms with Crippen molar-refractivity contribution in [1.82, 2.24) is 14.9 Å². The second-order valence-electron chi connectivity index (χ2n) is 8.65. The van der Waals surface area contributed by atoms with Crippen molar-refractivity contribution in [3.8, 4) is 17.2 Å². The predicted molar refractivity (Wildman–Crippen MR) is 148 cm³/mol. The van der Waals surface area contributed by atoms with E-state index in [2.05, 4.69) is 39.7 Å². The van der Waals surface area contributed by atoms with Crippen molar-refractivity contribution in [3.63, 3.8) is 0 Å². The number of aryl methyl sites for hydroxylation is 1. The Morgan fingerprint density at radius 3 is 2.36 bits per heavy atom. The number of nitrogens with zero attached hydrogens (tertiary/aromatic N) is 3. The minimum Gasteiger partial charge on any atom is -0.495 e. The molecule has 2 aromatic heterocycles. The van der Waals surface area contributed by atoms with Crippen LogP contribution in [0.25, 0.3) is 5.69 Å². The van der Waals surface area contributed by atoms with Crippen molar-refractivity contribution in [3.05, 3.63) is 101 Å². The zero-order valence-corrected chi connectivity index (χ0v) is 22.1. The van der Waals surface area contributed by atoms with Gasteiger partial charge < -0.3 is 24.3 Å². The quantitative estimate of drug-likeness (QED) is 0.301. The van der Waals surface area contributed by atoms with Gasteiger partial charge in [-0.2, -0.15) is 0 Å². The van der Waals surface area contributed by atoms with Crippen LogP contribution in [0, 0.1) is 13.8 Å². The van der Waals surface area contributed by atoms with Crippen LogP contribution in [0.1, 0.15) is 34.7 Å². The lowest BCUT2D eigenvalue weighted by Crippen LogP contribution is -2.30. The van der Waals surface area contributed by atoms with Crippen molar-refractivity contribution >= 4 is 34.6 Å². The molecule has 1 N–H and O–H groups in total. The molecule has 0 bridgehead atoms. The molecule has 184 valence electrons. The van der Waals surface area contributed by atoms with Crippen LogP contribution >= 0.6 is 23.8 Å². The lowest BCUT2D eigenvalue weighted by atomic mass is 9.96. The monoisotopic (exact) mass is 518 g/mol. The average Bonchev–Trinajstić information content (AvgIpc) is 3.39. The van der Waals surface area contributed by atoms with Crippen molar-refractivity contribution in [2.45, 2.75) is 25.9 Å². The van der Waals surface area contributed by atoms with E-state index in [9.17, 15) is 0 Å². The van der Waals surface area contributed by atoms with Crippen LogP contribution in [0.5, 0.6) is 11.5 Å². The summed E-state index contributed by atoms with van der Waals surface area (Å²) in [5.41, 5.74) is 5.92. The predicted octanol–water partition coefficient (Wildman–Crippen LogP) is 6.34. The molecule has 1 saturated heterocycles. The zero-order valence-electron chi connectivity index (χ0n) is 20.5. The highest BCUT2D eigenvalue weighted by molar-refractivity contribution is 7.80. The average molecular weight is 519 g/mol. The van der Waals surface area contributed by atoms with Gasteiger partial charge in [-0.15, -0.1) is 0 Å². The first-order valence-electron chi connectivity index (χ1n) is 11.6. The number of para-hydroxylation sites is 2. The number of rotatable bonds is 6. The standard InChI is InChI=1S/C28H27ClN4O2S/c1-17-15-20(18(2)32(17)23-16-19(29)12-13-25(23)35-4)27-26(21-9-7-8-14-30-21)31-28(36)33(27)22-10-5-6-11-24(22)34-3/h5-16,26-27H,1-4H3,(H,31,36). The van der Waals surface area contributed by atoms with E-state index in [0.717, 1.165) is 45.5 Å². The van der Waals surface area contributed by atoms with Gasteiger partial charge in [0.25, 0.3) is 0 Å². The molecule has 0 amide bonds. The van der Waals surface area contributed by atoms with Gasteiger partial charge in [0.15, 0.2) is 5.11 Å². The molecular weight excluding hydrogens is 492 g/mol. The highest BCUT2D eigenvalue weighted by Gasteiger charge is 2.43. The Kier molecular flexibility index (Phi) is 6.60. The molecule has 6 nitrogen and oxygen atoms in total. The first-order chi connectivity index (χ1) is 17.4. The van der Waals surface area contributed by atoms with Gasteiger partial charge in [0, 0.05) is 22.6 Å². The highest BCUT2D eigenvalue weighted by atomic mass is 35.5. The molecule has 1 aliphatic rings. The first-order valence-corrected chi connectivity index (χ1v) is 12.4. The van der Waals surface area contributed by atoms with Gasteiger partial charge in [-0.25, -0.2) is 0 Å². The largest absolute Gasteiger partial charge is 0.495 e. The Balaban J connectivity index is 1.72. The maximum Gasteiger partial charge on any atom is 0.174 e. The van der Waals surface area contributed by atoms with Crippen LogP contribution in [-0.2, 0) is 0 Å². The molecule has 5 rings (SSSR count). The zero-order chi connectivity index (χ0) is 25.4. The van der Waals surface area contributed by atoms with Gasteiger partial charge in [0.2, 0.25) is 0 Å².